The van der Waals surface area contributed by atoms with Gasteiger partial charge in [-0.3, -0.25) is 0 Å². The van der Waals surface area contributed by atoms with Crippen LogP contribution in [-0.2, 0) is 154 Å². The quantitative estimate of drug-likeness (QED) is 0.0257. The van der Waals surface area contributed by atoms with Crippen molar-refractivity contribution >= 4 is 20.1 Å². The molecule has 0 aliphatic carbocycles. The maximum absolute atomic E-state index is 11.5. The van der Waals surface area contributed by atoms with Gasteiger partial charge in [0.2, 0.25) is 0 Å². The molecule has 0 unspecified atom stereocenters. The van der Waals surface area contributed by atoms with Crippen LogP contribution in [0.3, 0.4) is 0 Å². The number of rotatable bonds is 42. The fourth-order valence-corrected chi connectivity index (χ4v) is 6.56. The number of hydrogen-bond acceptors (Lipinski definition) is 15. The van der Waals surface area contributed by atoms with Gasteiger partial charge in [-0.1, -0.05) is 81.1 Å². The molecule has 0 spiro atoms. The van der Waals surface area contributed by atoms with Crippen LogP contribution in [0.15, 0.2) is 0 Å². The Morgan fingerprint density at radius 2 is 0.635 bits per heavy atom. The van der Waals surface area contributed by atoms with Gasteiger partial charge in [0.25, 0.3) is 0 Å². The van der Waals surface area contributed by atoms with Gasteiger partial charge in [-0.25, -0.2) is 0 Å². The van der Waals surface area contributed by atoms with Crippen LogP contribution in [0.1, 0.15) is 121 Å². The molecule has 8 atom stereocenters. The van der Waals surface area contributed by atoms with E-state index in [2.05, 4.69) is 63.3 Å². The normalized spacial score (nSPS) is 14.1. The Labute approximate surface area is 554 Å². The van der Waals surface area contributed by atoms with Crippen molar-refractivity contribution in [1.82, 2.24) is 21.3 Å². The van der Waals surface area contributed by atoms with Crippen LogP contribution in [0, 0.1) is 0 Å². The third-order valence-electron chi connectivity index (χ3n) is 10.3. The van der Waals surface area contributed by atoms with E-state index in [1.54, 1.807) is 26.7 Å². The number of carbonyl (C=O) groups excluding carboxylic acids is 1. The van der Waals surface area contributed by atoms with Crippen molar-refractivity contribution in [1.29, 1.82) is 0 Å². The zero-order valence-electron chi connectivity index (χ0n) is 49.2. The number of aliphatic hydroxyl groups is 6. The Hall–Kier alpha value is 3.91. The molecule has 74 heavy (non-hydrogen) atoms. The summed E-state index contributed by atoms with van der Waals surface area (Å²) in [5.41, 5.74) is 0. The molecule has 10 N–H and O–H groups in total. The van der Waals surface area contributed by atoms with Crippen molar-refractivity contribution in [2.75, 3.05) is 145 Å². The van der Waals surface area contributed by atoms with Gasteiger partial charge in [0.1, 0.15) is 20.1 Å². The summed E-state index contributed by atoms with van der Waals surface area (Å²) in [6.07, 6.45) is 7.97. The molecule has 19 nitrogen and oxygen atoms in total. The van der Waals surface area contributed by atoms with Crippen LogP contribution < -0.4 is 21.3 Å². The Balaban J connectivity index is -0.000000105. The van der Waals surface area contributed by atoms with E-state index >= 15 is 0 Å². The van der Waals surface area contributed by atoms with E-state index < -0.39 is 14.3 Å². The third-order valence-corrected chi connectivity index (χ3v) is 11.9. The molecule has 0 amide bonds. The van der Waals surface area contributed by atoms with Crippen LogP contribution >= 0.6 is 14.3 Å². The summed E-state index contributed by atoms with van der Waals surface area (Å²) in [5.74, 6) is 0.167. The van der Waals surface area contributed by atoms with Crippen molar-refractivity contribution < 1.29 is 185 Å². The number of hydrogen-bond donors (Lipinski definition) is 10. The summed E-state index contributed by atoms with van der Waals surface area (Å²) < 4.78 is 33.9. The predicted molar refractivity (Wildman–Crippen MR) is 297 cm³/mol. The smallest absolute Gasteiger partial charge is 0.126 e. The minimum Gasteiger partial charge on any atom is -0.659 e. The number of carbonyl (C=O) groups is 1. The van der Waals surface area contributed by atoms with Crippen molar-refractivity contribution in [2.24, 2.45) is 0 Å². The first-order valence-electron chi connectivity index (χ1n) is 26.1. The maximum atomic E-state index is 11.5. The molecule has 4 radical (unpaired) electrons. The second-order valence-corrected chi connectivity index (χ2v) is 25.1. The van der Waals surface area contributed by atoms with Crippen molar-refractivity contribution in [3.05, 3.63) is 21.3 Å². The molecule has 0 rings (SSSR count). The Kier molecular flexibility index (Phi) is 93.3. The second-order valence-electron chi connectivity index (χ2n) is 18.3. The number of nitrogens with one attached hydrogen (secondary N) is 4. The fraction of sp³-hybridized carbons (Fsp3) is 0.980. The largest absolute Gasteiger partial charge is 0.659 e. The van der Waals surface area contributed by atoms with Gasteiger partial charge < -0.3 is 96.6 Å². The van der Waals surface area contributed by atoms with Gasteiger partial charge >= 0.3 is 0 Å². The monoisotopic (exact) mass is 1410 g/mol. The van der Waals surface area contributed by atoms with Crippen molar-refractivity contribution in [3.8, 4) is 0 Å². The molecule has 0 aromatic carbocycles. The van der Waals surface area contributed by atoms with E-state index in [0.717, 1.165) is 77.5 Å². The van der Waals surface area contributed by atoms with Gasteiger partial charge in [0.15, 0.2) is 0 Å². The molecule has 0 aliphatic heterocycles. The molecular weight excluding hydrogens is 1290 g/mol. The van der Waals surface area contributed by atoms with E-state index in [0.29, 0.717) is 58.1 Å². The molecule has 0 fully saturated rings. The van der Waals surface area contributed by atoms with Crippen molar-refractivity contribution in [2.45, 2.75) is 169 Å². The topological polar surface area (TPSA) is 296 Å². The molecule has 0 aliphatic rings. The van der Waals surface area contributed by atoms with Crippen LogP contribution in [0.4, 0.5) is 0 Å². The number of nitrogens with zero attached hydrogens (tertiary/aromatic N) is 4. The maximum Gasteiger partial charge on any atom is 0.126 e. The first-order valence-corrected chi connectivity index (χ1v) is 31.7. The number of aliphatic hydroxyl groups excluding tert-OH is 6. The molecular formula is C49H112N8O11P2Y4-4. The first kappa shape index (κ1) is 97.0. The minimum atomic E-state index is -2.10. The van der Waals surface area contributed by atoms with Gasteiger partial charge in [-0.2, -0.15) is 26.2 Å². The molecule has 0 aromatic heterocycles. The molecule has 25 heteroatoms. The number of ketones is 1. The third kappa shape index (κ3) is 78.0. The average molecular weight is 1410 g/mol. The molecule has 0 saturated carbocycles. The predicted octanol–water partition coefficient (Wildman–Crippen LogP) is 5.76. The van der Waals surface area contributed by atoms with Gasteiger partial charge in [-0.05, 0) is 66.2 Å². The average Bonchev–Trinajstić information content (AvgIpc) is 3.32. The second kappa shape index (κ2) is 71.2. The van der Waals surface area contributed by atoms with Crippen molar-refractivity contribution in [3.63, 3.8) is 0 Å². The van der Waals surface area contributed by atoms with Crippen LogP contribution in [0.2, 0.25) is 0 Å². The van der Waals surface area contributed by atoms with E-state index in [9.17, 15) is 13.9 Å². The SMILES string of the molecule is CC(C)=O.CC[C@@H](CO)NCCN[C@@H](CC)CO.CC[C@@H](CO)NCCN[C@@H](CC)COCP(C)(C)=O.CC[C@@H](CO)[N-]CC[N-][C@@H](CC)CO.CC[C@@H](CO)[N-]CC[N-][C@@H](CC)COCP(C)(C)=O.[Y].[Y].[Y].[Y]. The van der Waals surface area contributed by atoms with E-state index in [-0.39, 0.29) is 219 Å². The summed E-state index contributed by atoms with van der Waals surface area (Å²) in [7, 11) is -4.17. The summed E-state index contributed by atoms with van der Waals surface area (Å²) in [5, 5.41) is 84.1. The molecule has 0 heterocycles. The standard InChI is InChI=1S/C13H31N2O3P.C13H29N2O3P.C10H24N2O2.C10H22N2O2.C3H6O.4Y/c2*1-5-12(9-16)14-7-8-15-13(6-2)10-18-11-19(3,4)17;2*1-3-9(7-13)11-5-6-12-10(4-2)8-14;1-3(2)4;;;;/h12-16H,5-11H2,1-4H3;12-13,16H,5-11H2,1-4H3;9-14H,3-8H2,1-2H3;9-10,13-14H,3-8H2,1-2H3;1-2H3;;;;/q;-2;;-2;;;;;/t2*12-,13-;2*9-,10-;;;;;/m0000...../s1. The Morgan fingerprint density at radius 3 is 0.838 bits per heavy atom. The van der Waals surface area contributed by atoms with E-state index in [4.69, 9.17) is 40.1 Å². The first-order chi connectivity index (χ1) is 33.1. The Morgan fingerprint density at radius 1 is 0.405 bits per heavy atom. The fourth-order valence-electron chi connectivity index (χ4n) is 5.47. The Bertz CT molecular complexity index is 1050. The van der Waals surface area contributed by atoms with Gasteiger partial charge in [0.05, 0.1) is 39.1 Å². The summed E-state index contributed by atoms with van der Waals surface area (Å²) in [4.78, 5) is 9.44. The van der Waals surface area contributed by atoms with Crippen LogP contribution in [-0.4, -0.2) is 229 Å². The van der Waals surface area contributed by atoms with Gasteiger partial charge in [-0.15, -0.1) is 24.2 Å². The molecule has 0 saturated heterocycles. The zero-order chi connectivity index (χ0) is 54.7. The summed E-state index contributed by atoms with van der Waals surface area (Å²) in [6, 6.07) is 1.18. The molecule has 0 aromatic rings. The van der Waals surface area contributed by atoms with E-state index in [1.807, 2.05) is 34.6 Å². The summed E-state index contributed by atoms with van der Waals surface area (Å²) >= 11 is 0. The summed E-state index contributed by atoms with van der Waals surface area (Å²) in [6.45, 7) is 34.3. The molecule has 440 valence electrons. The number of Topliss-reactive ketones (excluding diaryl/α,β-unsaturated/α-hetero) is 1. The molecule has 0 bridgehead atoms. The van der Waals surface area contributed by atoms with Crippen LogP contribution in [0.25, 0.3) is 21.3 Å². The van der Waals surface area contributed by atoms with Gasteiger partial charge in [0, 0.05) is 208 Å². The number of ether oxygens (including phenoxy) is 2. The minimum absolute atomic E-state index is 0. The van der Waals surface area contributed by atoms with E-state index in [1.165, 1.54) is 13.8 Å². The van der Waals surface area contributed by atoms with Crippen LogP contribution in [0.5, 0.6) is 0 Å². The zero-order valence-corrected chi connectivity index (χ0v) is 62.4.